The predicted octanol–water partition coefficient (Wildman–Crippen LogP) is 3.60. The largest absolute Gasteiger partial charge is 0.290 e. The van der Waals surface area contributed by atoms with Crippen molar-refractivity contribution in [3.8, 4) is 0 Å². The standard InChI is InChI=1S/C18H23BrN4O2/c1-11(2)15-10-14(22-23(15)18(3,4)5)17(25)21-20-16(24)12-8-6-7-9-13(12)19/h6-11H,1-5H3,(H,20,24)(H,21,25). The van der Waals surface area contributed by atoms with Crippen molar-refractivity contribution in [2.24, 2.45) is 0 Å². The molecule has 0 unspecified atom stereocenters. The SMILES string of the molecule is CC(C)c1cc(C(=O)NNC(=O)c2ccccc2Br)nn1C(C)(C)C. The second-order valence-electron chi connectivity index (χ2n) is 7.08. The topological polar surface area (TPSA) is 76.0 Å². The van der Waals surface area contributed by atoms with Crippen LogP contribution >= 0.6 is 15.9 Å². The lowest BCUT2D eigenvalue weighted by molar-refractivity contribution is 0.0842. The molecule has 134 valence electrons. The van der Waals surface area contributed by atoms with Crippen LogP contribution in [-0.4, -0.2) is 21.6 Å². The summed E-state index contributed by atoms with van der Waals surface area (Å²) in [5, 5.41) is 4.41. The van der Waals surface area contributed by atoms with Crippen LogP contribution in [0.15, 0.2) is 34.8 Å². The third-order valence-electron chi connectivity index (χ3n) is 3.60. The van der Waals surface area contributed by atoms with Crippen molar-refractivity contribution in [2.45, 2.75) is 46.1 Å². The quantitative estimate of drug-likeness (QED) is 0.764. The van der Waals surface area contributed by atoms with Crippen molar-refractivity contribution in [2.75, 3.05) is 0 Å². The normalized spacial score (nSPS) is 11.5. The Morgan fingerprint density at radius 1 is 1.12 bits per heavy atom. The number of amides is 2. The summed E-state index contributed by atoms with van der Waals surface area (Å²) in [6.07, 6.45) is 0. The van der Waals surface area contributed by atoms with Crippen molar-refractivity contribution >= 4 is 27.7 Å². The van der Waals surface area contributed by atoms with Gasteiger partial charge in [0.2, 0.25) is 0 Å². The minimum Gasteiger partial charge on any atom is -0.267 e. The summed E-state index contributed by atoms with van der Waals surface area (Å²) in [6.45, 7) is 10.2. The molecule has 2 aromatic rings. The van der Waals surface area contributed by atoms with E-state index in [-0.39, 0.29) is 17.2 Å². The fourth-order valence-electron chi connectivity index (χ4n) is 2.35. The smallest absolute Gasteiger partial charge is 0.267 e. The average Bonchev–Trinajstić information content (AvgIpc) is 2.98. The van der Waals surface area contributed by atoms with Crippen LogP contribution < -0.4 is 10.9 Å². The minimum absolute atomic E-state index is 0.225. The number of carbonyl (C=O) groups excluding carboxylic acids is 2. The van der Waals surface area contributed by atoms with Crippen LogP contribution in [0.5, 0.6) is 0 Å². The van der Waals surface area contributed by atoms with Gasteiger partial charge in [0.1, 0.15) is 0 Å². The van der Waals surface area contributed by atoms with Gasteiger partial charge in [0, 0.05) is 10.2 Å². The first-order valence-corrected chi connectivity index (χ1v) is 8.86. The highest BCUT2D eigenvalue weighted by Gasteiger charge is 2.23. The Balaban J connectivity index is 2.14. The highest BCUT2D eigenvalue weighted by atomic mass is 79.9. The van der Waals surface area contributed by atoms with Gasteiger partial charge in [-0.05, 0) is 60.8 Å². The van der Waals surface area contributed by atoms with Gasteiger partial charge >= 0.3 is 0 Å². The van der Waals surface area contributed by atoms with Gasteiger partial charge in [0.05, 0.1) is 11.1 Å². The Bertz CT molecular complexity index is 791. The zero-order chi connectivity index (χ0) is 18.8. The molecule has 0 bridgehead atoms. The van der Waals surface area contributed by atoms with Crippen LogP contribution in [0.2, 0.25) is 0 Å². The van der Waals surface area contributed by atoms with Crippen molar-refractivity contribution in [1.82, 2.24) is 20.6 Å². The fraction of sp³-hybridized carbons (Fsp3) is 0.389. The Kier molecular flexibility index (Phi) is 5.67. The molecule has 0 radical (unpaired) electrons. The average molecular weight is 407 g/mol. The number of hydrazine groups is 1. The van der Waals surface area contributed by atoms with E-state index in [1.807, 2.05) is 31.5 Å². The second-order valence-corrected chi connectivity index (χ2v) is 7.93. The number of halogens is 1. The van der Waals surface area contributed by atoms with Gasteiger partial charge in [0.25, 0.3) is 11.8 Å². The molecule has 1 aromatic carbocycles. The van der Waals surface area contributed by atoms with E-state index in [9.17, 15) is 9.59 Å². The molecule has 1 aromatic heterocycles. The highest BCUT2D eigenvalue weighted by molar-refractivity contribution is 9.10. The molecule has 0 saturated carbocycles. The third-order valence-corrected chi connectivity index (χ3v) is 4.30. The van der Waals surface area contributed by atoms with E-state index in [1.54, 1.807) is 24.3 Å². The first-order chi connectivity index (χ1) is 11.6. The van der Waals surface area contributed by atoms with E-state index in [1.165, 1.54) is 0 Å². The molecule has 0 fully saturated rings. The van der Waals surface area contributed by atoms with E-state index < -0.39 is 11.8 Å². The molecule has 0 atom stereocenters. The monoisotopic (exact) mass is 406 g/mol. The molecule has 0 spiro atoms. The zero-order valence-electron chi connectivity index (χ0n) is 15.1. The fourth-order valence-corrected chi connectivity index (χ4v) is 2.81. The van der Waals surface area contributed by atoms with E-state index >= 15 is 0 Å². The lowest BCUT2D eigenvalue weighted by Gasteiger charge is -2.23. The van der Waals surface area contributed by atoms with Crippen molar-refractivity contribution in [3.05, 3.63) is 51.8 Å². The maximum absolute atomic E-state index is 12.4. The molecular formula is C18H23BrN4O2. The molecule has 0 aliphatic rings. The van der Waals surface area contributed by atoms with Crippen LogP contribution in [0.25, 0.3) is 0 Å². The first kappa shape index (κ1) is 19.2. The maximum atomic E-state index is 12.4. The highest BCUT2D eigenvalue weighted by Crippen LogP contribution is 2.23. The molecule has 2 N–H and O–H groups in total. The molecule has 0 aliphatic heterocycles. The molecular weight excluding hydrogens is 384 g/mol. The predicted molar refractivity (Wildman–Crippen MR) is 100 cm³/mol. The van der Waals surface area contributed by atoms with Crippen molar-refractivity contribution in [1.29, 1.82) is 0 Å². The maximum Gasteiger partial charge on any atom is 0.290 e. The van der Waals surface area contributed by atoms with Gasteiger partial charge in [-0.25, -0.2) is 0 Å². The molecule has 1 heterocycles. The molecule has 0 aliphatic carbocycles. The Hall–Kier alpha value is -2.15. The Morgan fingerprint density at radius 2 is 1.72 bits per heavy atom. The summed E-state index contributed by atoms with van der Waals surface area (Å²) in [5.41, 5.74) is 6.27. The van der Waals surface area contributed by atoms with Crippen LogP contribution in [-0.2, 0) is 5.54 Å². The van der Waals surface area contributed by atoms with E-state index in [4.69, 9.17) is 0 Å². The molecule has 7 heteroatoms. The third kappa shape index (κ3) is 4.48. The Morgan fingerprint density at radius 3 is 2.24 bits per heavy atom. The number of benzene rings is 1. The summed E-state index contributed by atoms with van der Waals surface area (Å²) in [4.78, 5) is 24.5. The van der Waals surface area contributed by atoms with Crippen molar-refractivity contribution < 1.29 is 9.59 Å². The lowest BCUT2D eigenvalue weighted by atomic mass is 10.1. The van der Waals surface area contributed by atoms with Crippen LogP contribution in [0, 0.1) is 0 Å². The summed E-state index contributed by atoms with van der Waals surface area (Å²) in [6, 6.07) is 8.75. The molecule has 2 amide bonds. The summed E-state index contributed by atoms with van der Waals surface area (Å²) in [5.74, 6) is -0.631. The van der Waals surface area contributed by atoms with Crippen LogP contribution in [0.3, 0.4) is 0 Å². The number of nitrogens with one attached hydrogen (secondary N) is 2. The van der Waals surface area contributed by atoms with Gasteiger partial charge in [-0.1, -0.05) is 26.0 Å². The second kappa shape index (κ2) is 7.39. The Labute approximate surface area is 156 Å². The minimum atomic E-state index is -0.453. The molecule has 6 nitrogen and oxygen atoms in total. The summed E-state index contributed by atoms with van der Waals surface area (Å²) < 4.78 is 2.50. The lowest BCUT2D eigenvalue weighted by Crippen LogP contribution is -2.42. The number of hydrogen-bond donors (Lipinski definition) is 2. The number of hydrogen-bond acceptors (Lipinski definition) is 3. The van der Waals surface area contributed by atoms with Crippen LogP contribution in [0.1, 0.15) is 67.1 Å². The van der Waals surface area contributed by atoms with Gasteiger partial charge in [-0.3, -0.25) is 25.1 Å². The van der Waals surface area contributed by atoms with E-state index in [0.717, 1.165) is 5.69 Å². The first-order valence-electron chi connectivity index (χ1n) is 8.07. The number of carbonyl (C=O) groups is 2. The van der Waals surface area contributed by atoms with Gasteiger partial charge in [-0.15, -0.1) is 0 Å². The van der Waals surface area contributed by atoms with Gasteiger partial charge in [-0.2, -0.15) is 5.10 Å². The van der Waals surface area contributed by atoms with Crippen LogP contribution in [0.4, 0.5) is 0 Å². The van der Waals surface area contributed by atoms with E-state index in [0.29, 0.717) is 10.0 Å². The van der Waals surface area contributed by atoms with Gasteiger partial charge in [0.15, 0.2) is 5.69 Å². The molecule has 0 saturated heterocycles. The zero-order valence-corrected chi connectivity index (χ0v) is 16.6. The van der Waals surface area contributed by atoms with Gasteiger partial charge < -0.3 is 0 Å². The van der Waals surface area contributed by atoms with Crippen molar-refractivity contribution in [3.63, 3.8) is 0 Å². The molecule has 2 rings (SSSR count). The van der Waals surface area contributed by atoms with E-state index in [2.05, 4.69) is 45.7 Å². The number of rotatable bonds is 3. The summed E-state index contributed by atoms with van der Waals surface area (Å²) in [7, 11) is 0. The summed E-state index contributed by atoms with van der Waals surface area (Å²) >= 11 is 3.31. The molecule has 25 heavy (non-hydrogen) atoms. The number of nitrogens with zero attached hydrogens (tertiary/aromatic N) is 2. The number of aromatic nitrogens is 2.